The number of rotatable bonds is 4. The Kier molecular flexibility index (Phi) is 3.77. The van der Waals surface area contributed by atoms with Gasteiger partial charge in [0.25, 0.3) is 5.56 Å². The topological polar surface area (TPSA) is 86.7 Å². The van der Waals surface area contributed by atoms with Crippen LogP contribution in [0.1, 0.15) is 18.9 Å². The fraction of sp³-hybridized carbons (Fsp3) is 0.316. The molecular weight excluding hydrogens is 320 g/mol. The van der Waals surface area contributed by atoms with Crippen LogP contribution in [0.15, 0.2) is 29.1 Å². The summed E-state index contributed by atoms with van der Waals surface area (Å²) in [4.78, 5) is 13.0. The number of aromatic nitrogens is 1. The monoisotopic (exact) mass is 340 g/mol. The molecule has 2 heterocycles. The molecule has 1 aliphatic rings. The van der Waals surface area contributed by atoms with Gasteiger partial charge in [-0.15, -0.1) is 0 Å². The number of fused-ring (bicyclic) bond motifs is 4. The molecule has 0 saturated carbocycles. The third-order valence-electron chi connectivity index (χ3n) is 4.59. The van der Waals surface area contributed by atoms with Gasteiger partial charge in [0.05, 0.1) is 10.9 Å². The first-order valence-corrected chi connectivity index (χ1v) is 8.46. The normalized spacial score (nSPS) is 13.0. The molecule has 0 fully saturated rings. The van der Waals surface area contributed by atoms with E-state index in [4.69, 9.17) is 15.2 Å². The number of hydrogen-bond acceptors (Lipinski definition) is 5. The van der Waals surface area contributed by atoms with Gasteiger partial charge < -0.3 is 24.9 Å². The zero-order valence-corrected chi connectivity index (χ0v) is 14.0. The highest BCUT2D eigenvalue weighted by Crippen LogP contribution is 2.39. The third-order valence-corrected chi connectivity index (χ3v) is 4.59. The molecule has 1 aromatic heterocycles. The maximum atomic E-state index is 13.0. The summed E-state index contributed by atoms with van der Waals surface area (Å²) in [5.74, 6) is 1.29. The second-order valence-electron chi connectivity index (χ2n) is 6.26. The van der Waals surface area contributed by atoms with Gasteiger partial charge >= 0.3 is 0 Å². The first-order chi connectivity index (χ1) is 12.1. The van der Waals surface area contributed by atoms with Crippen LogP contribution in [-0.2, 0) is 13.0 Å². The molecule has 130 valence electrons. The van der Waals surface area contributed by atoms with Crippen LogP contribution in [0.2, 0.25) is 0 Å². The van der Waals surface area contributed by atoms with Crippen LogP contribution >= 0.6 is 0 Å². The van der Waals surface area contributed by atoms with Gasteiger partial charge in [-0.2, -0.15) is 0 Å². The Hall–Kier alpha value is -2.73. The molecule has 3 N–H and O–H groups in total. The van der Waals surface area contributed by atoms with Gasteiger partial charge in [-0.05, 0) is 36.2 Å². The standard InChI is InChI=1S/C19H20N2O4/c1-2-3-11-6-13-12-8-16-17(25-10-24-16)9-14(12)19(23)21(5-4-20)18(13)15(22)7-11/h6-9,22H,2-5,10,20H2,1H3. The molecular formula is C19H20N2O4. The summed E-state index contributed by atoms with van der Waals surface area (Å²) in [5, 5.41) is 12.7. The Labute approximate surface area is 144 Å². The Bertz CT molecular complexity index is 1040. The number of pyridine rings is 1. The second-order valence-corrected chi connectivity index (χ2v) is 6.26. The van der Waals surface area contributed by atoms with Crippen molar-refractivity contribution in [1.82, 2.24) is 4.57 Å². The molecule has 25 heavy (non-hydrogen) atoms. The molecule has 0 atom stereocenters. The van der Waals surface area contributed by atoms with Gasteiger partial charge in [-0.3, -0.25) is 4.79 Å². The van der Waals surface area contributed by atoms with Crippen molar-refractivity contribution in [2.24, 2.45) is 5.73 Å². The minimum atomic E-state index is -0.190. The van der Waals surface area contributed by atoms with Crippen LogP contribution in [0.5, 0.6) is 17.2 Å². The largest absolute Gasteiger partial charge is 0.506 e. The molecule has 0 spiro atoms. The van der Waals surface area contributed by atoms with E-state index in [1.54, 1.807) is 16.7 Å². The highest BCUT2D eigenvalue weighted by Gasteiger charge is 2.20. The highest BCUT2D eigenvalue weighted by atomic mass is 16.7. The van der Waals surface area contributed by atoms with Crippen LogP contribution in [-0.4, -0.2) is 23.0 Å². The number of aromatic hydroxyl groups is 1. The molecule has 0 radical (unpaired) electrons. The third kappa shape index (κ3) is 2.41. The number of ether oxygens (including phenoxy) is 2. The lowest BCUT2D eigenvalue weighted by molar-refractivity contribution is 0.174. The van der Waals surface area contributed by atoms with Crippen molar-refractivity contribution in [1.29, 1.82) is 0 Å². The van der Waals surface area contributed by atoms with Crippen molar-refractivity contribution in [3.05, 3.63) is 40.2 Å². The van der Waals surface area contributed by atoms with Crippen LogP contribution in [0, 0.1) is 0 Å². The first kappa shape index (κ1) is 15.8. The molecule has 6 heteroatoms. The number of benzene rings is 2. The van der Waals surface area contributed by atoms with E-state index >= 15 is 0 Å². The summed E-state index contributed by atoms with van der Waals surface area (Å²) in [7, 11) is 0. The van der Waals surface area contributed by atoms with Gasteiger partial charge in [-0.1, -0.05) is 13.3 Å². The van der Waals surface area contributed by atoms with Crippen molar-refractivity contribution in [2.75, 3.05) is 13.3 Å². The zero-order chi connectivity index (χ0) is 17.6. The van der Waals surface area contributed by atoms with Crippen LogP contribution in [0.25, 0.3) is 21.7 Å². The average Bonchev–Trinajstić information content (AvgIpc) is 3.05. The summed E-state index contributed by atoms with van der Waals surface area (Å²) in [6.45, 7) is 2.88. The number of phenolic OH excluding ortho intramolecular Hbond substituents is 1. The first-order valence-electron chi connectivity index (χ1n) is 8.46. The van der Waals surface area contributed by atoms with Crippen LogP contribution in [0.4, 0.5) is 0 Å². The maximum absolute atomic E-state index is 13.0. The van der Waals surface area contributed by atoms with E-state index in [-0.39, 0.29) is 18.1 Å². The van der Waals surface area contributed by atoms with Gasteiger partial charge in [0.15, 0.2) is 11.5 Å². The van der Waals surface area contributed by atoms with E-state index in [0.717, 1.165) is 29.2 Å². The number of nitrogens with zero attached hydrogens (tertiary/aromatic N) is 1. The zero-order valence-electron chi connectivity index (χ0n) is 14.0. The maximum Gasteiger partial charge on any atom is 0.259 e. The molecule has 0 bridgehead atoms. The smallest absolute Gasteiger partial charge is 0.259 e. The fourth-order valence-electron chi connectivity index (χ4n) is 3.53. The highest BCUT2D eigenvalue weighted by molar-refractivity contribution is 6.08. The van der Waals surface area contributed by atoms with Gasteiger partial charge in [0, 0.05) is 23.9 Å². The minimum Gasteiger partial charge on any atom is -0.506 e. The summed E-state index contributed by atoms with van der Waals surface area (Å²) >= 11 is 0. The molecule has 0 saturated heterocycles. The number of nitrogens with two attached hydrogens (primary N) is 1. The Balaban J connectivity index is 2.17. The minimum absolute atomic E-state index is 0.103. The lowest BCUT2D eigenvalue weighted by Gasteiger charge is -2.15. The van der Waals surface area contributed by atoms with Crippen molar-refractivity contribution in [3.63, 3.8) is 0 Å². The van der Waals surface area contributed by atoms with E-state index in [2.05, 4.69) is 6.92 Å². The number of hydrogen-bond donors (Lipinski definition) is 2. The predicted octanol–water partition coefficient (Wildman–Crippen LogP) is 2.50. The van der Waals surface area contributed by atoms with E-state index in [0.29, 0.717) is 35.5 Å². The van der Waals surface area contributed by atoms with Crippen LogP contribution < -0.4 is 20.8 Å². The summed E-state index contributed by atoms with van der Waals surface area (Å²) in [6.07, 6.45) is 1.82. The number of aryl methyl sites for hydroxylation is 1. The number of phenols is 1. The average molecular weight is 340 g/mol. The summed E-state index contributed by atoms with van der Waals surface area (Å²) in [6, 6.07) is 7.31. The Morgan fingerprint density at radius 2 is 1.84 bits per heavy atom. The van der Waals surface area contributed by atoms with Gasteiger partial charge in [0.1, 0.15) is 5.75 Å². The summed E-state index contributed by atoms with van der Waals surface area (Å²) in [5.41, 5.74) is 7.05. The Morgan fingerprint density at radius 1 is 1.12 bits per heavy atom. The molecule has 4 rings (SSSR count). The molecule has 2 aromatic carbocycles. The SMILES string of the molecule is CCCc1cc(O)c2c(c1)c1cc3c(cc1c(=O)n2CCN)OCO3. The van der Waals surface area contributed by atoms with Gasteiger partial charge in [0.2, 0.25) is 6.79 Å². The van der Waals surface area contributed by atoms with E-state index in [1.807, 2.05) is 12.1 Å². The predicted molar refractivity (Wildman–Crippen MR) is 96.6 cm³/mol. The molecule has 0 amide bonds. The van der Waals surface area contributed by atoms with Crippen molar-refractivity contribution < 1.29 is 14.6 Å². The Morgan fingerprint density at radius 3 is 2.52 bits per heavy atom. The van der Waals surface area contributed by atoms with E-state index in [1.165, 1.54) is 0 Å². The van der Waals surface area contributed by atoms with Crippen molar-refractivity contribution in [2.45, 2.75) is 26.3 Å². The quantitative estimate of drug-likeness (QED) is 0.713. The fourth-order valence-corrected chi connectivity index (χ4v) is 3.53. The van der Waals surface area contributed by atoms with Crippen molar-refractivity contribution in [3.8, 4) is 17.2 Å². The van der Waals surface area contributed by atoms with Crippen molar-refractivity contribution >= 4 is 21.7 Å². The molecule has 6 nitrogen and oxygen atoms in total. The lowest BCUT2D eigenvalue weighted by Crippen LogP contribution is -2.24. The second kappa shape index (κ2) is 5.97. The summed E-state index contributed by atoms with van der Waals surface area (Å²) < 4.78 is 12.4. The molecule has 3 aromatic rings. The van der Waals surface area contributed by atoms with Gasteiger partial charge in [-0.25, -0.2) is 0 Å². The van der Waals surface area contributed by atoms with E-state index < -0.39 is 0 Å². The molecule has 0 aliphatic carbocycles. The van der Waals surface area contributed by atoms with Crippen LogP contribution in [0.3, 0.4) is 0 Å². The lowest BCUT2D eigenvalue weighted by atomic mass is 10.0. The van der Waals surface area contributed by atoms with E-state index in [9.17, 15) is 9.90 Å². The molecule has 0 unspecified atom stereocenters. The molecule has 1 aliphatic heterocycles.